The second-order valence-electron chi connectivity index (χ2n) is 6.88. The number of benzene rings is 1. The van der Waals surface area contributed by atoms with Gasteiger partial charge in [0.05, 0.1) is 10.5 Å². The number of carbonyl (C=O) groups excluding carboxylic acids is 1. The molecule has 3 rings (SSSR count). The van der Waals surface area contributed by atoms with Crippen LogP contribution in [0.15, 0.2) is 23.1 Å². The van der Waals surface area contributed by atoms with Gasteiger partial charge in [-0.3, -0.25) is 4.79 Å². The molecule has 0 bridgehead atoms. The molecule has 0 heterocycles. The van der Waals surface area contributed by atoms with Gasteiger partial charge in [-0.05, 0) is 63.3 Å². The summed E-state index contributed by atoms with van der Waals surface area (Å²) in [7, 11) is -2.22. The lowest BCUT2D eigenvalue weighted by Gasteiger charge is -2.54. The van der Waals surface area contributed by atoms with Gasteiger partial charge in [0.1, 0.15) is 0 Å². The first-order valence-electron chi connectivity index (χ1n) is 8.51. The van der Waals surface area contributed by atoms with Crippen molar-refractivity contribution in [2.45, 2.75) is 50.0 Å². The zero-order valence-electron chi connectivity index (χ0n) is 14.2. The van der Waals surface area contributed by atoms with E-state index in [0.29, 0.717) is 29.3 Å². The number of nitrogens with one attached hydrogen (secondary N) is 3. The first-order valence-corrected chi connectivity index (χ1v) is 10.00. The molecule has 7 heteroatoms. The van der Waals surface area contributed by atoms with Crippen molar-refractivity contribution >= 4 is 21.6 Å². The highest BCUT2D eigenvalue weighted by molar-refractivity contribution is 7.89. The van der Waals surface area contributed by atoms with Gasteiger partial charge in [-0.25, -0.2) is 13.1 Å². The van der Waals surface area contributed by atoms with Crippen LogP contribution in [0.4, 0.5) is 5.69 Å². The molecule has 0 radical (unpaired) electrons. The van der Waals surface area contributed by atoms with E-state index < -0.39 is 10.0 Å². The average molecular weight is 351 g/mol. The summed E-state index contributed by atoms with van der Waals surface area (Å²) in [5, 5.41) is 6.18. The van der Waals surface area contributed by atoms with E-state index in [1.54, 1.807) is 6.07 Å². The lowest BCUT2D eigenvalue weighted by atomic mass is 9.54. The summed E-state index contributed by atoms with van der Waals surface area (Å²) >= 11 is 0. The van der Waals surface area contributed by atoms with Gasteiger partial charge in [-0.15, -0.1) is 0 Å². The van der Waals surface area contributed by atoms with Crippen molar-refractivity contribution in [3.8, 4) is 0 Å². The van der Waals surface area contributed by atoms with Crippen LogP contribution < -0.4 is 15.4 Å². The number of rotatable bonds is 6. The first-order chi connectivity index (χ1) is 11.4. The summed E-state index contributed by atoms with van der Waals surface area (Å²) in [6.07, 6.45) is 6.23. The van der Waals surface area contributed by atoms with E-state index in [4.69, 9.17) is 0 Å². The minimum absolute atomic E-state index is 0.0980. The molecular formula is C17H25N3O3S. The molecule has 24 heavy (non-hydrogen) atoms. The highest BCUT2D eigenvalue weighted by Crippen LogP contribution is 2.56. The summed E-state index contributed by atoms with van der Waals surface area (Å²) < 4.78 is 26.3. The van der Waals surface area contributed by atoms with Crippen LogP contribution in [0.25, 0.3) is 0 Å². The molecule has 2 aliphatic carbocycles. The third-order valence-corrected chi connectivity index (χ3v) is 6.70. The van der Waals surface area contributed by atoms with Crippen LogP contribution in [0.3, 0.4) is 0 Å². The van der Waals surface area contributed by atoms with Crippen molar-refractivity contribution in [2.75, 3.05) is 18.9 Å². The molecule has 6 nitrogen and oxygen atoms in total. The minimum atomic E-state index is -3.58. The second-order valence-corrected chi connectivity index (χ2v) is 8.76. The van der Waals surface area contributed by atoms with Crippen molar-refractivity contribution in [1.29, 1.82) is 0 Å². The second kappa shape index (κ2) is 6.37. The Kier molecular flexibility index (Phi) is 4.57. The topological polar surface area (TPSA) is 87.3 Å². The van der Waals surface area contributed by atoms with E-state index in [1.807, 2.05) is 6.92 Å². The maximum Gasteiger partial charge on any atom is 0.253 e. The quantitative estimate of drug-likeness (QED) is 0.732. The van der Waals surface area contributed by atoms with E-state index in [1.165, 1.54) is 38.4 Å². The molecule has 0 aliphatic heterocycles. The summed E-state index contributed by atoms with van der Waals surface area (Å²) in [6, 6.07) is 5.04. The van der Waals surface area contributed by atoms with Crippen LogP contribution in [0, 0.1) is 5.41 Å². The Balaban J connectivity index is 1.83. The van der Waals surface area contributed by atoms with Crippen LogP contribution >= 0.6 is 0 Å². The molecule has 3 N–H and O–H groups in total. The summed E-state index contributed by atoms with van der Waals surface area (Å²) in [6.45, 7) is 2.33. The number of carbonyl (C=O) groups is 1. The molecule has 2 fully saturated rings. The molecule has 1 amide bonds. The van der Waals surface area contributed by atoms with Gasteiger partial charge in [0.25, 0.3) is 5.91 Å². The zero-order chi connectivity index (χ0) is 17.4. The molecule has 0 unspecified atom stereocenters. The zero-order valence-corrected chi connectivity index (χ0v) is 15.0. The Bertz CT molecular complexity index is 733. The molecule has 132 valence electrons. The van der Waals surface area contributed by atoms with Gasteiger partial charge < -0.3 is 10.6 Å². The number of anilines is 1. The van der Waals surface area contributed by atoms with Gasteiger partial charge >= 0.3 is 0 Å². The van der Waals surface area contributed by atoms with E-state index in [0.717, 1.165) is 12.8 Å². The van der Waals surface area contributed by atoms with E-state index in [2.05, 4.69) is 15.4 Å². The van der Waals surface area contributed by atoms with Crippen LogP contribution in [-0.4, -0.2) is 34.0 Å². The molecule has 0 aromatic heterocycles. The third-order valence-electron chi connectivity index (χ3n) is 5.28. The highest BCUT2D eigenvalue weighted by Gasteiger charge is 2.48. The van der Waals surface area contributed by atoms with Crippen LogP contribution in [-0.2, 0) is 10.0 Å². The standard InChI is InChI=1S/C17H25N3O3S/c1-3-19-16(21)14-9-13(24(22,23)18-2)5-6-15(14)20-12-10-17(11-12)7-4-8-17/h5-6,9,12,18,20H,3-4,7-8,10-11H2,1-2H3,(H,19,21). The maximum atomic E-state index is 12.3. The Morgan fingerprint density at radius 2 is 2.00 bits per heavy atom. The van der Waals surface area contributed by atoms with Crippen molar-refractivity contribution in [3.63, 3.8) is 0 Å². The van der Waals surface area contributed by atoms with Crippen LogP contribution in [0.2, 0.25) is 0 Å². The Labute approximate surface area is 143 Å². The third kappa shape index (κ3) is 3.15. The number of amides is 1. The van der Waals surface area contributed by atoms with Gasteiger partial charge in [-0.2, -0.15) is 0 Å². The average Bonchev–Trinajstić information content (AvgIpc) is 2.48. The van der Waals surface area contributed by atoms with Gasteiger partial charge in [0.2, 0.25) is 10.0 Å². The summed E-state index contributed by atoms with van der Waals surface area (Å²) in [4.78, 5) is 12.4. The predicted octanol–water partition coefficient (Wildman–Crippen LogP) is 2.09. The Morgan fingerprint density at radius 1 is 1.29 bits per heavy atom. The Morgan fingerprint density at radius 3 is 2.54 bits per heavy atom. The normalized spacial score (nSPS) is 19.4. The fraction of sp³-hybridized carbons (Fsp3) is 0.588. The van der Waals surface area contributed by atoms with Gasteiger partial charge in [0.15, 0.2) is 0 Å². The largest absolute Gasteiger partial charge is 0.382 e. The molecule has 1 aromatic carbocycles. The van der Waals surface area contributed by atoms with Crippen molar-refractivity contribution in [3.05, 3.63) is 23.8 Å². The lowest BCUT2D eigenvalue weighted by Crippen LogP contribution is -2.49. The maximum absolute atomic E-state index is 12.3. The first kappa shape index (κ1) is 17.2. The molecule has 0 saturated heterocycles. The van der Waals surface area contributed by atoms with Crippen molar-refractivity contribution < 1.29 is 13.2 Å². The predicted molar refractivity (Wildman–Crippen MR) is 93.6 cm³/mol. The fourth-order valence-corrected chi connectivity index (χ4v) is 4.53. The molecular weight excluding hydrogens is 326 g/mol. The molecule has 1 spiro atoms. The number of hydrogen-bond donors (Lipinski definition) is 3. The summed E-state index contributed by atoms with van der Waals surface area (Å²) in [5.41, 5.74) is 1.62. The van der Waals surface area contributed by atoms with Crippen molar-refractivity contribution in [1.82, 2.24) is 10.0 Å². The molecule has 1 aromatic rings. The van der Waals surface area contributed by atoms with Gasteiger partial charge in [0, 0.05) is 18.3 Å². The minimum Gasteiger partial charge on any atom is -0.382 e. The molecule has 2 aliphatic rings. The van der Waals surface area contributed by atoms with E-state index >= 15 is 0 Å². The van der Waals surface area contributed by atoms with E-state index in [9.17, 15) is 13.2 Å². The fourth-order valence-electron chi connectivity index (χ4n) is 3.77. The smallest absolute Gasteiger partial charge is 0.253 e. The SMILES string of the molecule is CCNC(=O)c1cc(S(=O)(=O)NC)ccc1NC1CC2(CCC2)C1. The summed E-state index contributed by atoms with van der Waals surface area (Å²) in [5.74, 6) is -0.258. The van der Waals surface area contributed by atoms with E-state index in [-0.39, 0.29) is 10.8 Å². The van der Waals surface area contributed by atoms with Crippen LogP contribution in [0.1, 0.15) is 49.4 Å². The Hall–Kier alpha value is -1.60. The number of hydrogen-bond acceptors (Lipinski definition) is 4. The molecule has 2 saturated carbocycles. The van der Waals surface area contributed by atoms with Crippen molar-refractivity contribution in [2.24, 2.45) is 5.41 Å². The lowest BCUT2D eigenvalue weighted by molar-refractivity contribution is 0.0192. The van der Waals surface area contributed by atoms with Crippen LogP contribution in [0.5, 0.6) is 0 Å². The number of sulfonamides is 1. The van der Waals surface area contributed by atoms with Gasteiger partial charge in [-0.1, -0.05) is 6.42 Å². The molecule has 0 atom stereocenters. The monoisotopic (exact) mass is 351 g/mol. The highest BCUT2D eigenvalue weighted by atomic mass is 32.2.